The summed E-state index contributed by atoms with van der Waals surface area (Å²) in [7, 11) is 0. The molecule has 71 valence electrons. The van der Waals surface area contributed by atoms with E-state index in [0.717, 1.165) is 30.7 Å². The maximum atomic E-state index is 6.12. The molecule has 1 heteroatoms. The Kier molecular flexibility index (Phi) is 4.31. The third-order valence-electron chi connectivity index (χ3n) is 2.22. The zero-order chi connectivity index (χ0) is 9.68. The first-order chi connectivity index (χ1) is 6.27. The summed E-state index contributed by atoms with van der Waals surface area (Å²) in [5.41, 5.74) is 2.56. The van der Waals surface area contributed by atoms with Crippen molar-refractivity contribution in [3.63, 3.8) is 0 Å². The minimum absolute atomic E-state index is 0.910. The van der Waals surface area contributed by atoms with Crippen LogP contribution in [0, 0.1) is 6.92 Å². The quantitative estimate of drug-likeness (QED) is 0.680. The van der Waals surface area contributed by atoms with E-state index in [2.05, 4.69) is 32.0 Å². The van der Waals surface area contributed by atoms with Crippen molar-refractivity contribution in [3.8, 4) is 0 Å². The summed E-state index contributed by atoms with van der Waals surface area (Å²) in [6.45, 7) is 5.96. The molecule has 0 heterocycles. The highest BCUT2D eigenvalue weighted by Crippen LogP contribution is 2.20. The van der Waals surface area contributed by atoms with Crippen LogP contribution in [0.15, 0.2) is 18.2 Å². The van der Waals surface area contributed by atoms with Crippen LogP contribution in [0.5, 0.6) is 0 Å². The Bertz CT molecular complexity index is 266. The SMILES string of the molecule is [CH2]CCCc1ccc(CC)cc1Cl. The monoisotopic (exact) mass is 195 g/mol. The van der Waals surface area contributed by atoms with Gasteiger partial charge >= 0.3 is 0 Å². The normalized spacial score (nSPS) is 10.4. The third kappa shape index (κ3) is 3.04. The lowest BCUT2D eigenvalue weighted by molar-refractivity contribution is 0.840. The molecular weight excluding hydrogens is 180 g/mol. The van der Waals surface area contributed by atoms with Gasteiger partial charge in [0.2, 0.25) is 0 Å². The first-order valence-corrected chi connectivity index (χ1v) is 5.22. The van der Waals surface area contributed by atoms with E-state index >= 15 is 0 Å². The Morgan fingerprint density at radius 1 is 1.38 bits per heavy atom. The minimum atomic E-state index is 0.910. The maximum absolute atomic E-state index is 6.12. The van der Waals surface area contributed by atoms with Crippen molar-refractivity contribution < 1.29 is 0 Å². The van der Waals surface area contributed by atoms with E-state index in [4.69, 9.17) is 11.6 Å². The molecule has 1 aromatic carbocycles. The fourth-order valence-corrected chi connectivity index (χ4v) is 1.63. The second-order valence-corrected chi connectivity index (χ2v) is 3.64. The largest absolute Gasteiger partial charge is 0.0840 e. The highest BCUT2D eigenvalue weighted by atomic mass is 35.5. The summed E-state index contributed by atoms with van der Waals surface area (Å²) < 4.78 is 0. The lowest BCUT2D eigenvalue weighted by Gasteiger charge is -2.04. The third-order valence-corrected chi connectivity index (χ3v) is 2.57. The van der Waals surface area contributed by atoms with Crippen molar-refractivity contribution in [3.05, 3.63) is 41.3 Å². The van der Waals surface area contributed by atoms with Crippen LogP contribution >= 0.6 is 11.6 Å². The van der Waals surface area contributed by atoms with Gasteiger partial charge in [-0.1, -0.05) is 44.0 Å². The molecule has 0 saturated carbocycles. The number of aryl methyl sites for hydroxylation is 2. The van der Waals surface area contributed by atoms with Crippen molar-refractivity contribution in [2.24, 2.45) is 0 Å². The van der Waals surface area contributed by atoms with Gasteiger partial charge in [0.1, 0.15) is 0 Å². The summed E-state index contributed by atoms with van der Waals surface area (Å²) in [6, 6.07) is 6.36. The van der Waals surface area contributed by atoms with Gasteiger partial charge in [-0.15, -0.1) is 0 Å². The van der Waals surface area contributed by atoms with Gasteiger partial charge in [-0.05, 0) is 36.5 Å². The van der Waals surface area contributed by atoms with Gasteiger partial charge in [-0.25, -0.2) is 0 Å². The molecule has 0 bridgehead atoms. The van der Waals surface area contributed by atoms with Crippen molar-refractivity contribution in [1.29, 1.82) is 0 Å². The Labute approximate surface area is 85.9 Å². The molecule has 0 saturated heterocycles. The number of halogens is 1. The van der Waals surface area contributed by atoms with E-state index in [1.165, 1.54) is 11.1 Å². The van der Waals surface area contributed by atoms with Gasteiger partial charge < -0.3 is 0 Å². The summed E-state index contributed by atoms with van der Waals surface area (Å²) in [5.74, 6) is 0. The molecule has 13 heavy (non-hydrogen) atoms. The lowest BCUT2D eigenvalue weighted by atomic mass is 10.1. The van der Waals surface area contributed by atoms with Crippen LogP contribution in [-0.2, 0) is 12.8 Å². The summed E-state index contributed by atoms with van der Waals surface area (Å²) >= 11 is 6.12. The minimum Gasteiger partial charge on any atom is -0.0840 e. The van der Waals surface area contributed by atoms with Crippen molar-refractivity contribution in [1.82, 2.24) is 0 Å². The predicted octanol–water partition coefficient (Wildman–Crippen LogP) is 4.06. The smallest absolute Gasteiger partial charge is 0.0440 e. The number of benzene rings is 1. The zero-order valence-corrected chi connectivity index (χ0v) is 8.90. The van der Waals surface area contributed by atoms with E-state index in [9.17, 15) is 0 Å². The van der Waals surface area contributed by atoms with Crippen LogP contribution in [0.3, 0.4) is 0 Å². The predicted molar refractivity (Wildman–Crippen MR) is 59.1 cm³/mol. The van der Waals surface area contributed by atoms with Crippen LogP contribution in [0.1, 0.15) is 30.9 Å². The van der Waals surface area contributed by atoms with Crippen LogP contribution in [0.2, 0.25) is 5.02 Å². The molecule has 0 aliphatic heterocycles. The molecule has 1 radical (unpaired) electrons. The van der Waals surface area contributed by atoms with Gasteiger partial charge in [0.15, 0.2) is 0 Å². The lowest BCUT2D eigenvalue weighted by Crippen LogP contribution is -1.88. The number of hydrogen-bond acceptors (Lipinski definition) is 0. The zero-order valence-electron chi connectivity index (χ0n) is 8.15. The van der Waals surface area contributed by atoms with Crippen molar-refractivity contribution in [2.75, 3.05) is 0 Å². The Hall–Kier alpha value is -0.490. The van der Waals surface area contributed by atoms with Gasteiger partial charge in [0.05, 0.1) is 0 Å². The molecule has 0 unspecified atom stereocenters. The van der Waals surface area contributed by atoms with Crippen LogP contribution < -0.4 is 0 Å². The number of hydrogen-bond donors (Lipinski definition) is 0. The fourth-order valence-electron chi connectivity index (χ4n) is 1.33. The van der Waals surface area contributed by atoms with Gasteiger partial charge in [0.25, 0.3) is 0 Å². The average Bonchev–Trinajstić information content (AvgIpc) is 2.16. The summed E-state index contributed by atoms with van der Waals surface area (Å²) in [5, 5.41) is 0.910. The highest BCUT2D eigenvalue weighted by molar-refractivity contribution is 6.31. The molecule has 1 aromatic rings. The van der Waals surface area contributed by atoms with E-state index < -0.39 is 0 Å². The van der Waals surface area contributed by atoms with E-state index in [0.29, 0.717) is 0 Å². The molecule has 0 nitrogen and oxygen atoms in total. The molecule has 0 spiro atoms. The first-order valence-electron chi connectivity index (χ1n) is 4.84. The average molecular weight is 196 g/mol. The van der Waals surface area contributed by atoms with Crippen LogP contribution in [-0.4, -0.2) is 0 Å². The van der Waals surface area contributed by atoms with Crippen molar-refractivity contribution >= 4 is 11.6 Å². The fraction of sp³-hybridized carbons (Fsp3) is 0.417. The molecule has 0 atom stereocenters. The van der Waals surface area contributed by atoms with Crippen LogP contribution in [0.25, 0.3) is 0 Å². The number of rotatable bonds is 4. The first kappa shape index (κ1) is 10.6. The van der Waals surface area contributed by atoms with Gasteiger partial charge in [-0.2, -0.15) is 0 Å². The molecule has 0 aliphatic rings. The van der Waals surface area contributed by atoms with E-state index in [-0.39, 0.29) is 0 Å². The van der Waals surface area contributed by atoms with Gasteiger partial charge in [-0.3, -0.25) is 0 Å². The van der Waals surface area contributed by atoms with Gasteiger partial charge in [0, 0.05) is 5.02 Å². The van der Waals surface area contributed by atoms with Crippen LogP contribution in [0.4, 0.5) is 0 Å². The summed E-state index contributed by atoms with van der Waals surface area (Å²) in [6.07, 6.45) is 4.19. The molecule has 0 fully saturated rings. The molecule has 1 rings (SSSR count). The molecule has 0 aliphatic carbocycles. The van der Waals surface area contributed by atoms with E-state index in [1.54, 1.807) is 0 Å². The Balaban J connectivity index is 2.73. The molecule has 0 aromatic heterocycles. The van der Waals surface area contributed by atoms with E-state index in [1.807, 2.05) is 0 Å². The molecule has 0 N–H and O–H groups in total. The highest BCUT2D eigenvalue weighted by Gasteiger charge is 2.00. The standard InChI is InChI=1S/C12H16Cl/c1-3-5-6-11-8-7-10(4-2)9-12(11)13/h7-9H,1,3-6H2,2H3. The second-order valence-electron chi connectivity index (χ2n) is 3.24. The maximum Gasteiger partial charge on any atom is 0.0440 e. The second kappa shape index (κ2) is 5.29. The topological polar surface area (TPSA) is 0 Å². The Morgan fingerprint density at radius 2 is 2.15 bits per heavy atom. The Morgan fingerprint density at radius 3 is 2.69 bits per heavy atom. The number of unbranched alkanes of at least 4 members (excludes halogenated alkanes) is 1. The van der Waals surface area contributed by atoms with Crippen molar-refractivity contribution in [2.45, 2.75) is 32.6 Å². The molecular formula is C12H16Cl. The molecule has 0 amide bonds. The summed E-state index contributed by atoms with van der Waals surface area (Å²) in [4.78, 5) is 0.